The Kier molecular flexibility index (Phi) is 4.11. The second kappa shape index (κ2) is 5.54. The summed E-state index contributed by atoms with van der Waals surface area (Å²) in [5.74, 6) is -2.21. The van der Waals surface area contributed by atoms with Crippen LogP contribution in [0.5, 0.6) is 0 Å². The molecule has 0 unspecified atom stereocenters. The maximum absolute atomic E-state index is 13.8. The SMILES string of the molecule is O=C(O)C1(Nc2ccc(C(F)(F)F)cc2F)CCCCC1. The summed E-state index contributed by atoms with van der Waals surface area (Å²) in [7, 11) is 0. The van der Waals surface area contributed by atoms with Crippen LogP contribution >= 0.6 is 0 Å². The zero-order chi connectivity index (χ0) is 15.7. The summed E-state index contributed by atoms with van der Waals surface area (Å²) >= 11 is 0. The number of carboxylic acids is 1. The molecule has 0 saturated heterocycles. The molecule has 0 aliphatic heterocycles. The molecule has 0 aromatic heterocycles. The number of rotatable bonds is 3. The summed E-state index contributed by atoms with van der Waals surface area (Å²) in [6.45, 7) is 0. The number of halogens is 4. The number of hydrogen-bond donors (Lipinski definition) is 2. The minimum atomic E-state index is -4.63. The van der Waals surface area contributed by atoms with Gasteiger partial charge in [0.1, 0.15) is 11.4 Å². The van der Waals surface area contributed by atoms with Crippen molar-refractivity contribution >= 4 is 11.7 Å². The van der Waals surface area contributed by atoms with Crippen LogP contribution in [0.25, 0.3) is 0 Å². The number of benzene rings is 1. The van der Waals surface area contributed by atoms with Crippen LogP contribution in [-0.2, 0) is 11.0 Å². The maximum Gasteiger partial charge on any atom is 0.416 e. The van der Waals surface area contributed by atoms with Crippen molar-refractivity contribution in [3.8, 4) is 0 Å². The lowest BCUT2D eigenvalue weighted by atomic mass is 9.81. The molecule has 2 rings (SSSR count). The van der Waals surface area contributed by atoms with E-state index in [0.717, 1.165) is 18.6 Å². The first kappa shape index (κ1) is 15.6. The first-order valence-electron chi connectivity index (χ1n) is 6.63. The van der Waals surface area contributed by atoms with Gasteiger partial charge in [-0.25, -0.2) is 9.18 Å². The first-order chi connectivity index (χ1) is 9.74. The van der Waals surface area contributed by atoms with Crippen LogP contribution in [0, 0.1) is 5.82 Å². The van der Waals surface area contributed by atoms with E-state index in [1.165, 1.54) is 0 Å². The number of carboxylic acid groups (broad SMARTS) is 1. The topological polar surface area (TPSA) is 49.3 Å². The molecule has 0 spiro atoms. The zero-order valence-electron chi connectivity index (χ0n) is 11.1. The van der Waals surface area contributed by atoms with Crippen molar-refractivity contribution < 1.29 is 27.5 Å². The molecule has 1 aliphatic rings. The van der Waals surface area contributed by atoms with Gasteiger partial charge in [0.05, 0.1) is 11.3 Å². The Labute approximate surface area is 119 Å². The van der Waals surface area contributed by atoms with Crippen LogP contribution in [0.3, 0.4) is 0 Å². The minimum absolute atomic E-state index is 0.215. The summed E-state index contributed by atoms with van der Waals surface area (Å²) in [6, 6.07) is 2.06. The van der Waals surface area contributed by atoms with Gasteiger partial charge in [-0.1, -0.05) is 19.3 Å². The number of carbonyl (C=O) groups is 1. The van der Waals surface area contributed by atoms with Gasteiger partial charge in [0.15, 0.2) is 0 Å². The zero-order valence-corrected chi connectivity index (χ0v) is 11.1. The normalized spacial score (nSPS) is 18.3. The van der Waals surface area contributed by atoms with E-state index in [4.69, 9.17) is 0 Å². The molecular formula is C14H15F4NO2. The molecule has 1 aliphatic carbocycles. The van der Waals surface area contributed by atoms with E-state index < -0.39 is 29.1 Å². The molecule has 1 saturated carbocycles. The summed E-state index contributed by atoms with van der Waals surface area (Å²) in [6.07, 6.45) is -1.73. The predicted molar refractivity (Wildman–Crippen MR) is 68.5 cm³/mol. The standard InChI is InChI=1S/C14H15F4NO2/c15-10-8-9(14(16,17)18)4-5-11(10)19-13(12(20)21)6-2-1-3-7-13/h4-5,8,19H,1-3,6-7H2,(H,20,21). The lowest BCUT2D eigenvalue weighted by Gasteiger charge is -2.35. The van der Waals surface area contributed by atoms with Crippen LogP contribution < -0.4 is 5.32 Å². The van der Waals surface area contributed by atoms with Gasteiger partial charge in [-0.15, -0.1) is 0 Å². The van der Waals surface area contributed by atoms with Crippen molar-refractivity contribution in [2.75, 3.05) is 5.32 Å². The van der Waals surface area contributed by atoms with Crippen LogP contribution in [0.2, 0.25) is 0 Å². The van der Waals surface area contributed by atoms with E-state index in [0.29, 0.717) is 31.7 Å². The minimum Gasteiger partial charge on any atom is -0.480 e. The van der Waals surface area contributed by atoms with Gasteiger partial charge < -0.3 is 10.4 Å². The van der Waals surface area contributed by atoms with Crippen molar-refractivity contribution in [2.45, 2.75) is 43.8 Å². The molecule has 21 heavy (non-hydrogen) atoms. The van der Waals surface area contributed by atoms with E-state index in [1.807, 2.05) is 0 Å². The second-order valence-electron chi connectivity index (χ2n) is 5.27. The van der Waals surface area contributed by atoms with Gasteiger partial charge >= 0.3 is 12.1 Å². The monoisotopic (exact) mass is 305 g/mol. The van der Waals surface area contributed by atoms with Gasteiger partial charge in [-0.05, 0) is 31.0 Å². The number of anilines is 1. The van der Waals surface area contributed by atoms with E-state index in [9.17, 15) is 27.5 Å². The van der Waals surface area contributed by atoms with Crippen molar-refractivity contribution in [1.29, 1.82) is 0 Å². The molecule has 0 bridgehead atoms. The molecule has 0 heterocycles. The average molecular weight is 305 g/mol. The second-order valence-corrected chi connectivity index (χ2v) is 5.27. The number of alkyl halides is 3. The molecule has 0 radical (unpaired) electrons. The fourth-order valence-electron chi connectivity index (χ4n) is 2.60. The predicted octanol–water partition coefficient (Wildman–Crippen LogP) is 4.04. The largest absolute Gasteiger partial charge is 0.480 e. The Morgan fingerprint density at radius 2 is 1.81 bits per heavy atom. The van der Waals surface area contributed by atoms with Crippen molar-refractivity contribution in [3.05, 3.63) is 29.6 Å². The van der Waals surface area contributed by atoms with E-state index in [1.54, 1.807) is 0 Å². The van der Waals surface area contributed by atoms with Crippen LogP contribution in [0.15, 0.2) is 18.2 Å². The Bertz CT molecular complexity index is 536. The smallest absolute Gasteiger partial charge is 0.416 e. The summed E-state index contributed by atoms with van der Waals surface area (Å²) < 4.78 is 51.3. The van der Waals surface area contributed by atoms with Gasteiger partial charge in [0.2, 0.25) is 0 Å². The number of hydrogen-bond acceptors (Lipinski definition) is 2. The maximum atomic E-state index is 13.8. The molecular weight excluding hydrogens is 290 g/mol. The van der Waals surface area contributed by atoms with Gasteiger partial charge in [0, 0.05) is 0 Å². The fraction of sp³-hybridized carbons (Fsp3) is 0.500. The lowest BCUT2D eigenvalue weighted by molar-refractivity contribution is -0.143. The molecule has 0 atom stereocenters. The van der Waals surface area contributed by atoms with Gasteiger partial charge in [0.25, 0.3) is 0 Å². The molecule has 1 aromatic rings. The summed E-state index contributed by atoms with van der Waals surface area (Å²) in [5, 5.41) is 12.0. The highest BCUT2D eigenvalue weighted by Gasteiger charge is 2.40. The van der Waals surface area contributed by atoms with Crippen LogP contribution in [0.4, 0.5) is 23.2 Å². The van der Waals surface area contributed by atoms with E-state index >= 15 is 0 Å². The fourth-order valence-corrected chi connectivity index (χ4v) is 2.60. The highest BCUT2D eigenvalue weighted by Crippen LogP contribution is 2.35. The summed E-state index contributed by atoms with van der Waals surface area (Å²) in [5.41, 5.74) is -2.62. The third-order valence-corrected chi connectivity index (χ3v) is 3.79. The van der Waals surface area contributed by atoms with Gasteiger partial charge in [-0.2, -0.15) is 13.2 Å². The Morgan fingerprint density at radius 3 is 2.29 bits per heavy atom. The molecule has 7 heteroatoms. The number of aliphatic carboxylic acids is 1. The van der Waals surface area contributed by atoms with E-state index in [-0.39, 0.29) is 5.69 Å². The quantitative estimate of drug-likeness (QED) is 0.828. The molecule has 2 N–H and O–H groups in total. The molecule has 116 valence electrons. The summed E-state index contributed by atoms with van der Waals surface area (Å²) in [4.78, 5) is 11.5. The van der Waals surface area contributed by atoms with Crippen molar-refractivity contribution in [1.82, 2.24) is 0 Å². The molecule has 0 amide bonds. The van der Waals surface area contributed by atoms with Crippen LogP contribution in [-0.4, -0.2) is 16.6 Å². The van der Waals surface area contributed by atoms with E-state index in [2.05, 4.69) is 5.32 Å². The Balaban J connectivity index is 2.28. The van der Waals surface area contributed by atoms with Crippen molar-refractivity contribution in [2.24, 2.45) is 0 Å². The average Bonchev–Trinajstić information content (AvgIpc) is 2.41. The highest BCUT2D eigenvalue weighted by atomic mass is 19.4. The molecule has 3 nitrogen and oxygen atoms in total. The number of nitrogens with one attached hydrogen (secondary N) is 1. The third kappa shape index (κ3) is 3.28. The van der Waals surface area contributed by atoms with Crippen molar-refractivity contribution in [3.63, 3.8) is 0 Å². The Hall–Kier alpha value is -1.79. The molecule has 1 aromatic carbocycles. The first-order valence-corrected chi connectivity index (χ1v) is 6.63. The highest BCUT2D eigenvalue weighted by molar-refractivity contribution is 5.83. The lowest BCUT2D eigenvalue weighted by Crippen LogP contribution is -2.48. The Morgan fingerprint density at radius 1 is 1.19 bits per heavy atom. The van der Waals surface area contributed by atoms with Gasteiger partial charge in [-0.3, -0.25) is 0 Å². The molecule has 1 fully saturated rings. The van der Waals surface area contributed by atoms with Crippen LogP contribution in [0.1, 0.15) is 37.7 Å². The third-order valence-electron chi connectivity index (χ3n) is 3.79.